The molecule has 2 amide bonds. The summed E-state index contributed by atoms with van der Waals surface area (Å²) in [7, 11) is 0. The fraction of sp³-hybridized carbons (Fsp3) is 0.692. The van der Waals surface area contributed by atoms with Gasteiger partial charge in [-0.2, -0.15) is 0 Å². The highest BCUT2D eigenvalue weighted by Crippen LogP contribution is 2.43. The van der Waals surface area contributed by atoms with Gasteiger partial charge in [0.2, 0.25) is 0 Å². The molecule has 0 heterocycles. The van der Waals surface area contributed by atoms with Crippen LogP contribution in [0.5, 0.6) is 0 Å². The van der Waals surface area contributed by atoms with Crippen molar-refractivity contribution in [1.82, 2.24) is 10.6 Å². The first-order valence-electron chi connectivity index (χ1n) is 6.25. The third kappa shape index (κ3) is 4.66. The number of aliphatic carboxylic acids is 1. The zero-order valence-electron chi connectivity index (χ0n) is 10.5. The SMILES string of the molecule is C#CCCCNC(=O)NCC1(CC(=O)O)CCC1. The third-order valence-electron chi connectivity index (χ3n) is 3.35. The van der Waals surface area contributed by atoms with Crippen molar-refractivity contribution in [3.63, 3.8) is 0 Å². The standard InChI is InChI=1S/C13H20N2O3/c1-2-3-4-8-14-12(18)15-10-13(6-5-7-13)9-11(16)17/h1H,3-10H2,(H,16,17)(H2,14,15,18). The minimum absolute atomic E-state index is 0.129. The van der Waals surface area contributed by atoms with E-state index in [9.17, 15) is 9.59 Å². The average Bonchev–Trinajstić information content (AvgIpc) is 2.27. The summed E-state index contributed by atoms with van der Waals surface area (Å²) in [4.78, 5) is 22.2. The topological polar surface area (TPSA) is 78.4 Å². The Labute approximate surface area is 107 Å². The van der Waals surface area contributed by atoms with Gasteiger partial charge in [-0.05, 0) is 24.7 Å². The number of terminal acetylenes is 1. The molecule has 5 heteroatoms. The number of carbonyl (C=O) groups excluding carboxylic acids is 1. The van der Waals surface area contributed by atoms with Crippen LogP contribution in [0.25, 0.3) is 0 Å². The van der Waals surface area contributed by atoms with Crippen LogP contribution in [0.15, 0.2) is 0 Å². The van der Waals surface area contributed by atoms with Gasteiger partial charge in [0.1, 0.15) is 0 Å². The minimum Gasteiger partial charge on any atom is -0.481 e. The monoisotopic (exact) mass is 252 g/mol. The minimum atomic E-state index is -0.800. The second-order valence-corrected chi connectivity index (χ2v) is 4.84. The number of rotatable bonds is 7. The van der Waals surface area contributed by atoms with Crippen LogP contribution >= 0.6 is 0 Å². The van der Waals surface area contributed by atoms with Crippen LogP contribution in [0, 0.1) is 17.8 Å². The Morgan fingerprint density at radius 3 is 2.56 bits per heavy atom. The van der Waals surface area contributed by atoms with E-state index in [-0.39, 0.29) is 17.9 Å². The highest BCUT2D eigenvalue weighted by atomic mass is 16.4. The molecule has 3 N–H and O–H groups in total. The van der Waals surface area contributed by atoms with Crippen molar-refractivity contribution in [3.8, 4) is 12.3 Å². The van der Waals surface area contributed by atoms with Gasteiger partial charge in [-0.15, -0.1) is 12.3 Å². The van der Waals surface area contributed by atoms with Crippen LogP contribution in [-0.2, 0) is 4.79 Å². The first kappa shape index (κ1) is 14.4. The molecule has 0 atom stereocenters. The van der Waals surface area contributed by atoms with E-state index in [1.54, 1.807) is 0 Å². The molecule has 1 aliphatic carbocycles. The van der Waals surface area contributed by atoms with E-state index >= 15 is 0 Å². The normalized spacial score (nSPS) is 16.2. The molecule has 0 aromatic rings. The van der Waals surface area contributed by atoms with E-state index in [0.29, 0.717) is 19.5 Å². The Balaban J connectivity index is 2.20. The number of urea groups is 1. The number of carboxylic acids is 1. The molecule has 1 rings (SSSR count). The van der Waals surface area contributed by atoms with Crippen molar-refractivity contribution < 1.29 is 14.7 Å². The second kappa shape index (κ2) is 6.90. The summed E-state index contributed by atoms with van der Waals surface area (Å²) >= 11 is 0. The van der Waals surface area contributed by atoms with Crippen LogP contribution in [0.1, 0.15) is 38.5 Å². The molecule has 18 heavy (non-hydrogen) atoms. The lowest BCUT2D eigenvalue weighted by molar-refractivity contribution is -0.141. The fourth-order valence-corrected chi connectivity index (χ4v) is 2.14. The maximum absolute atomic E-state index is 11.5. The van der Waals surface area contributed by atoms with Crippen molar-refractivity contribution >= 4 is 12.0 Å². The smallest absolute Gasteiger partial charge is 0.314 e. The Morgan fingerprint density at radius 1 is 1.33 bits per heavy atom. The van der Waals surface area contributed by atoms with Crippen molar-refractivity contribution in [3.05, 3.63) is 0 Å². The van der Waals surface area contributed by atoms with Crippen molar-refractivity contribution in [2.45, 2.75) is 38.5 Å². The van der Waals surface area contributed by atoms with Gasteiger partial charge in [0.15, 0.2) is 0 Å². The molecule has 0 radical (unpaired) electrons. The summed E-state index contributed by atoms with van der Waals surface area (Å²) in [5.74, 6) is 1.70. The highest BCUT2D eigenvalue weighted by Gasteiger charge is 2.39. The first-order chi connectivity index (χ1) is 8.58. The van der Waals surface area contributed by atoms with Gasteiger partial charge in [0, 0.05) is 19.5 Å². The van der Waals surface area contributed by atoms with Gasteiger partial charge in [0.05, 0.1) is 6.42 Å². The van der Waals surface area contributed by atoms with Crippen molar-refractivity contribution in [2.24, 2.45) is 5.41 Å². The molecule has 1 saturated carbocycles. The number of unbranched alkanes of at least 4 members (excludes halogenated alkanes) is 1. The van der Waals surface area contributed by atoms with Crippen molar-refractivity contribution in [2.75, 3.05) is 13.1 Å². The maximum Gasteiger partial charge on any atom is 0.314 e. The quantitative estimate of drug-likeness (QED) is 0.472. The van der Waals surface area contributed by atoms with Crippen LogP contribution in [0.4, 0.5) is 4.79 Å². The summed E-state index contributed by atoms with van der Waals surface area (Å²) in [6.45, 7) is 0.974. The molecular weight excluding hydrogens is 232 g/mol. The zero-order valence-corrected chi connectivity index (χ0v) is 10.5. The molecule has 0 spiro atoms. The van der Waals surface area contributed by atoms with Crippen LogP contribution in [-0.4, -0.2) is 30.2 Å². The van der Waals surface area contributed by atoms with E-state index in [4.69, 9.17) is 11.5 Å². The lowest BCUT2D eigenvalue weighted by Gasteiger charge is -2.40. The molecule has 0 saturated heterocycles. The number of hydrogen-bond donors (Lipinski definition) is 3. The van der Waals surface area contributed by atoms with Gasteiger partial charge in [-0.25, -0.2) is 4.79 Å². The third-order valence-corrected chi connectivity index (χ3v) is 3.35. The average molecular weight is 252 g/mol. The summed E-state index contributed by atoms with van der Waals surface area (Å²) in [5, 5.41) is 14.3. The summed E-state index contributed by atoms with van der Waals surface area (Å²) in [6, 6.07) is -0.247. The summed E-state index contributed by atoms with van der Waals surface area (Å²) < 4.78 is 0. The van der Waals surface area contributed by atoms with Crippen molar-refractivity contribution in [1.29, 1.82) is 0 Å². The van der Waals surface area contributed by atoms with E-state index in [1.165, 1.54) is 0 Å². The number of carbonyl (C=O) groups is 2. The molecule has 0 aliphatic heterocycles. The van der Waals surface area contributed by atoms with Gasteiger partial charge < -0.3 is 15.7 Å². The molecular formula is C13H20N2O3. The summed E-state index contributed by atoms with van der Waals surface area (Å²) in [5.41, 5.74) is -0.234. The summed E-state index contributed by atoms with van der Waals surface area (Å²) in [6.07, 6.45) is 9.41. The number of nitrogens with one attached hydrogen (secondary N) is 2. The largest absolute Gasteiger partial charge is 0.481 e. The Morgan fingerprint density at radius 2 is 2.06 bits per heavy atom. The van der Waals surface area contributed by atoms with E-state index in [0.717, 1.165) is 25.7 Å². The van der Waals surface area contributed by atoms with Crippen LogP contribution in [0.2, 0.25) is 0 Å². The number of carboxylic acid groups (broad SMARTS) is 1. The van der Waals surface area contributed by atoms with Gasteiger partial charge in [-0.1, -0.05) is 6.42 Å². The molecule has 100 valence electrons. The van der Waals surface area contributed by atoms with E-state index in [1.807, 2.05) is 0 Å². The Hall–Kier alpha value is -1.70. The number of amides is 2. The molecule has 0 aromatic heterocycles. The number of hydrogen-bond acceptors (Lipinski definition) is 2. The predicted octanol–water partition coefficient (Wildman–Crippen LogP) is 1.34. The van der Waals surface area contributed by atoms with Gasteiger partial charge >= 0.3 is 12.0 Å². The zero-order chi connectivity index (χ0) is 13.4. The van der Waals surface area contributed by atoms with Crippen LogP contribution in [0.3, 0.4) is 0 Å². The van der Waals surface area contributed by atoms with Crippen LogP contribution < -0.4 is 10.6 Å². The lowest BCUT2D eigenvalue weighted by atomic mass is 9.66. The van der Waals surface area contributed by atoms with Gasteiger partial charge in [-0.3, -0.25) is 4.79 Å². The first-order valence-corrected chi connectivity index (χ1v) is 6.25. The van der Waals surface area contributed by atoms with Gasteiger partial charge in [0.25, 0.3) is 0 Å². The Bertz CT molecular complexity index is 343. The Kier molecular flexibility index (Phi) is 5.50. The van der Waals surface area contributed by atoms with E-state index in [2.05, 4.69) is 16.6 Å². The molecule has 1 fully saturated rings. The lowest BCUT2D eigenvalue weighted by Crippen LogP contribution is -2.46. The maximum atomic E-state index is 11.5. The molecule has 0 unspecified atom stereocenters. The fourth-order valence-electron chi connectivity index (χ4n) is 2.14. The predicted molar refractivity (Wildman–Crippen MR) is 68.0 cm³/mol. The van der Waals surface area contributed by atoms with E-state index < -0.39 is 5.97 Å². The molecule has 0 bridgehead atoms. The molecule has 5 nitrogen and oxygen atoms in total. The molecule has 0 aromatic carbocycles. The highest BCUT2D eigenvalue weighted by molar-refractivity contribution is 5.74. The molecule has 1 aliphatic rings. The second-order valence-electron chi connectivity index (χ2n) is 4.84.